The highest BCUT2D eigenvalue weighted by Gasteiger charge is 2.08. The number of hydrogen-bond acceptors (Lipinski definition) is 4. The molecule has 5 nitrogen and oxygen atoms in total. The summed E-state index contributed by atoms with van der Waals surface area (Å²) >= 11 is 0. The van der Waals surface area contributed by atoms with Crippen molar-refractivity contribution in [3.63, 3.8) is 0 Å². The second kappa shape index (κ2) is 4.54. The third-order valence-electron chi connectivity index (χ3n) is 1.67. The number of benzene rings is 1. The van der Waals surface area contributed by atoms with Crippen LogP contribution in [-0.2, 0) is 0 Å². The number of phenols is 1. The maximum absolute atomic E-state index is 11.2. The normalized spacial score (nSPS) is 9.53. The molecule has 15 heavy (non-hydrogen) atoms. The largest absolute Gasteiger partial charge is 0.508 e. The third-order valence-corrected chi connectivity index (χ3v) is 1.67. The molecule has 0 aliphatic carbocycles. The Balaban J connectivity index is 2.85. The molecule has 1 N–H and O–H groups in total. The fraction of sp³-hybridized carbons (Fsp3) is 0.300. The van der Waals surface area contributed by atoms with Gasteiger partial charge < -0.3 is 19.5 Å². The molecule has 0 bridgehead atoms. The van der Waals surface area contributed by atoms with Gasteiger partial charge in [0.05, 0.1) is 7.11 Å². The molecule has 0 aromatic heterocycles. The topological polar surface area (TPSA) is 59.0 Å². The maximum Gasteiger partial charge on any atom is 0.414 e. The van der Waals surface area contributed by atoms with Crippen molar-refractivity contribution in [3.05, 3.63) is 18.2 Å². The standard InChI is InChI=1S/C10H13NO4/c1-11(2)10(13)15-9-5-7(12)4-8(6-9)14-3/h4-6,12H,1-3H3. The van der Waals surface area contributed by atoms with Crippen LogP contribution in [0.2, 0.25) is 0 Å². The lowest BCUT2D eigenvalue weighted by Crippen LogP contribution is -2.25. The van der Waals surface area contributed by atoms with Crippen molar-refractivity contribution in [1.29, 1.82) is 0 Å². The summed E-state index contributed by atoms with van der Waals surface area (Å²) in [5.74, 6) is 0.651. The van der Waals surface area contributed by atoms with Crippen molar-refractivity contribution >= 4 is 6.09 Å². The summed E-state index contributed by atoms with van der Waals surface area (Å²) < 4.78 is 9.86. The number of amides is 1. The number of carbonyl (C=O) groups is 1. The molecule has 82 valence electrons. The summed E-state index contributed by atoms with van der Waals surface area (Å²) in [6, 6.07) is 4.28. The summed E-state index contributed by atoms with van der Waals surface area (Å²) in [6.45, 7) is 0. The van der Waals surface area contributed by atoms with Gasteiger partial charge in [0, 0.05) is 32.3 Å². The Morgan fingerprint density at radius 2 is 1.87 bits per heavy atom. The third kappa shape index (κ3) is 3.05. The van der Waals surface area contributed by atoms with E-state index in [1.165, 1.54) is 30.2 Å². The van der Waals surface area contributed by atoms with Crippen molar-refractivity contribution in [2.75, 3.05) is 21.2 Å². The van der Waals surface area contributed by atoms with E-state index < -0.39 is 6.09 Å². The van der Waals surface area contributed by atoms with E-state index in [0.29, 0.717) is 5.75 Å². The molecule has 0 atom stereocenters. The highest BCUT2D eigenvalue weighted by molar-refractivity contribution is 5.70. The van der Waals surface area contributed by atoms with Gasteiger partial charge in [-0.2, -0.15) is 0 Å². The van der Waals surface area contributed by atoms with Crippen molar-refractivity contribution in [2.24, 2.45) is 0 Å². The van der Waals surface area contributed by atoms with Gasteiger partial charge >= 0.3 is 6.09 Å². The van der Waals surface area contributed by atoms with Gasteiger partial charge in [-0.3, -0.25) is 0 Å². The molecular formula is C10H13NO4. The van der Waals surface area contributed by atoms with E-state index in [-0.39, 0.29) is 11.5 Å². The number of rotatable bonds is 2. The summed E-state index contributed by atoms with van der Waals surface area (Å²) in [5.41, 5.74) is 0. The van der Waals surface area contributed by atoms with Crippen LogP contribution in [0, 0.1) is 0 Å². The molecule has 0 unspecified atom stereocenters. The summed E-state index contributed by atoms with van der Waals surface area (Å²) in [6.07, 6.45) is -0.511. The second-order valence-corrected chi connectivity index (χ2v) is 3.13. The number of aromatic hydroxyl groups is 1. The molecule has 0 saturated heterocycles. The van der Waals surface area contributed by atoms with Crippen LogP contribution < -0.4 is 9.47 Å². The first-order chi connectivity index (χ1) is 7.02. The average molecular weight is 211 g/mol. The molecular weight excluding hydrogens is 198 g/mol. The summed E-state index contributed by atoms with van der Waals surface area (Å²) in [4.78, 5) is 12.5. The lowest BCUT2D eigenvalue weighted by atomic mass is 10.3. The zero-order chi connectivity index (χ0) is 11.4. The molecule has 0 spiro atoms. The van der Waals surface area contributed by atoms with Crippen molar-refractivity contribution in [2.45, 2.75) is 0 Å². The summed E-state index contributed by atoms with van der Waals surface area (Å²) in [7, 11) is 4.61. The number of hydrogen-bond donors (Lipinski definition) is 1. The van der Waals surface area contributed by atoms with Crippen LogP contribution in [0.5, 0.6) is 17.2 Å². The number of nitrogens with zero attached hydrogens (tertiary/aromatic N) is 1. The van der Waals surface area contributed by atoms with Crippen LogP contribution >= 0.6 is 0 Å². The first kappa shape index (κ1) is 11.2. The molecule has 5 heteroatoms. The quantitative estimate of drug-likeness (QED) is 0.804. The molecule has 0 saturated carbocycles. The van der Waals surface area contributed by atoms with Crippen LogP contribution in [0.4, 0.5) is 4.79 Å². The van der Waals surface area contributed by atoms with E-state index in [1.807, 2.05) is 0 Å². The van der Waals surface area contributed by atoms with Gasteiger partial charge in [-0.05, 0) is 0 Å². The monoisotopic (exact) mass is 211 g/mol. The Hall–Kier alpha value is -1.91. The molecule has 0 fully saturated rings. The van der Waals surface area contributed by atoms with E-state index in [2.05, 4.69) is 0 Å². The molecule has 0 radical (unpaired) electrons. The van der Waals surface area contributed by atoms with Crippen LogP contribution in [0.3, 0.4) is 0 Å². The Morgan fingerprint density at radius 1 is 1.27 bits per heavy atom. The number of methoxy groups -OCH3 is 1. The SMILES string of the molecule is COc1cc(O)cc(OC(=O)N(C)C)c1. The molecule has 0 heterocycles. The molecule has 0 aliphatic rings. The van der Waals surface area contributed by atoms with Crippen LogP contribution in [0.15, 0.2) is 18.2 Å². The van der Waals surface area contributed by atoms with Gasteiger partial charge in [0.25, 0.3) is 0 Å². The molecule has 0 aliphatic heterocycles. The predicted molar refractivity (Wildman–Crippen MR) is 54.4 cm³/mol. The van der Waals surface area contributed by atoms with Crippen LogP contribution in [0.1, 0.15) is 0 Å². The van der Waals surface area contributed by atoms with Gasteiger partial charge in [0.2, 0.25) is 0 Å². The Bertz CT molecular complexity index is 362. The van der Waals surface area contributed by atoms with E-state index in [1.54, 1.807) is 14.1 Å². The summed E-state index contributed by atoms with van der Waals surface area (Å²) in [5, 5.41) is 9.29. The lowest BCUT2D eigenvalue weighted by molar-refractivity contribution is 0.171. The van der Waals surface area contributed by atoms with Gasteiger partial charge in [-0.1, -0.05) is 0 Å². The highest BCUT2D eigenvalue weighted by atomic mass is 16.6. The number of ether oxygens (including phenoxy) is 2. The maximum atomic E-state index is 11.2. The molecule has 1 rings (SSSR count). The minimum absolute atomic E-state index is 0.0177. The van der Waals surface area contributed by atoms with Crippen LogP contribution in [0.25, 0.3) is 0 Å². The molecule has 1 amide bonds. The Labute approximate surface area is 87.8 Å². The first-order valence-electron chi connectivity index (χ1n) is 4.30. The average Bonchev–Trinajstić information content (AvgIpc) is 2.16. The fourth-order valence-electron chi connectivity index (χ4n) is 0.926. The van der Waals surface area contributed by atoms with Gasteiger partial charge in [0.1, 0.15) is 17.2 Å². The predicted octanol–water partition coefficient (Wildman–Crippen LogP) is 1.46. The molecule has 1 aromatic carbocycles. The highest BCUT2D eigenvalue weighted by Crippen LogP contribution is 2.26. The first-order valence-corrected chi connectivity index (χ1v) is 4.30. The van der Waals surface area contributed by atoms with E-state index >= 15 is 0 Å². The van der Waals surface area contributed by atoms with Crippen molar-refractivity contribution in [3.8, 4) is 17.2 Å². The minimum Gasteiger partial charge on any atom is -0.508 e. The number of phenolic OH excluding ortho intramolecular Hbond substituents is 1. The zero-order valence-electron chi connectivity index (χ0n) is 8.85. The van der Waals surface area contributed by atoms with Crippen LogP contribution in [-0.4, -0.2) is 37.3 Å². The van der Waals surface area contributed by atoms with Gasteiger partial charge in [0.15, 0.2) is 0 Å². The number of carbonyl (C=O) groups excluding carboxylic acids is 1. The van der Waals surface area contributed by atoms with Crippen molar-refractivity contribution < 1.29 is 19.4 Å². The fourth-order valence-corrected chi connectivity index (χ4v) is 0.926. The van der Waals surface area contributed by atoms with E-state index in [0.717, 1.165) is 0 Å². The second-order valence-electron chi connectivity index (χ2n) is 3.13. The zero-order valence-corrected chi connectivity index (χ0v) is 8.85. The Kier molecular flexibility index (Phi) is 3.38. The van der Waals surface area contributed by atoms with Crippen molar-refractivity contribution in [1.82, 2.24) is 4.90 Å². The van der Waals surface area contributed by atoms with E-state index in [9.17, 15) is 9.90 Å². The van der Waals surface area contributed by atoms with Gasteiger partial charge in [-0.25, -0.2) is 4.79 Å². The lowest BCUT2D eigenvalue weighted by Gasteiger charge is -2.11. The minimum atomic E-state index is -0.511. The van der Waals surface area contributed by atoms with E-state index in [4.69, 9.17) is 9.47 Å². The molecule has 1 aromatic rings. The van der Waals surface area contributed by atoms with Gasteiger partial charge in [-0.15, -0.1) is 0 Å². The smallest absolute Gasteiger partial charge is 0.414 e. The Morgan fingerprint density at radius 3 is 2.40 bits per heavy atom.